The lowest BCUT2D eigenvalue weighted by Gasteiger charge is -2.23. The zero-order valence-corrected chi connectivity index (χ0v) is 12.9. The molecule has 1 saturated heterocycles. The van der Waals surface area contributed by atoms with Gasteiger partial charge in [-0.25, -0.2) is 0 Å². The Labute approximate surface area is 131 Å². The largest absolute Gasteiger partial charge is 0.353 e. The van der Waals surface area contributed by atoms with Gasteiger partial charge in [0.2, 0.25) is 17.7 Å². The molecule has 0 spiro atoms. The van der Waals surface area contributed by atoms with Crippen molar-refractivity contribution in [3.05, 3.63) is 12.2 Å². The molecular formula is C17H24N2O3. The van der Waals surface area contributed by atoms with E-state index in [4.69, 9.17) is 0 Å². The summed E-state index contributed by atoms with van der Waals surface area (Å²) >= 11 is 0. The summed E-state index contributed by atoms with van der Waals surface area (Å²) in [5, 5.41) is 3.03. The second kappa shape index (κ2) is 6.63. The molecule has 3 rings (SSSR count). The molecule has 2 atom stereocenters. The monoisotopic (exact) mass is 304 g/mol. The summed E-state index contributed by atoms with van der Waals surface area (Å²) in [5.74, 6) is -0.618. The van der Waals surface area contributed by atoms with Gasteiger partial charge in [-0.2, -0.15) is 0 Å². The first-order valence-electron chi connectivity index (χ1n) is 8.46. The predicted molar refractivity (Wildman–Crippen MR) is 81.7 cm³/mol. The Bertz CT molecular complexity index is 468. The van der Waals surface area contributed by atoms with Crippen LogP contribution >= 0.6 is 0 Å². The topological polar surface area (TPSA) is 66.5 Å². The first-order valence-corrected chi connectivity index (χ1v) is 8.46. The van der Waals surface area contributed by atoms with Crippen LogP contribution in [0.4, 0.5) is 0 Å². The van der Waals surface area contributed by atoms with Crippen LogP contribution in [-0.4, -0.2) is 35.2 Å². The van der Waals surface area contributed by atoms with Gasteiger partial charge in [-0.05, 0) is 25.7 Å². The zero-order chi connectivity index (χ0) is 15.5. The van der Waals surface area contributed by atoms with E-state index in [0.717, 1.165) is 12.8 Å². The summed E-state index contributed by atoms with van der Waals surface area (Å²) in [4.78, 5) is 37.9. The van der Waals surface area contributed by atoms with Crippen molar-refractivity contribution in [2.45, 2.75) is 57.4 Å². The van der Waals surface area contributed by atoms with Gasteiger partial charge >= 0.3 is 0 Å². The van der Waals surface area contributed by atoms with Crippen LogP contribution < -0.4 is 5.32 Å². The fourth-order valence-corrected chi connectivity index (χ4v) is 3.85. The average molecular weight is 304 g/mol. The van der Waals surface area contributed by atoms with Crippen molar-refractivity contribution in [1.29, 1.82) is 0 Å². The smallest absolute Gasteiger partial charge is 0.233 e. The molecule has 0 aromatic heterocycles. The molecule has 3 amide bonds. The lowest BCUT2D eigenvalue weighted by molar-refractivity contribution is -0.140. The van der Waals surface area contributed by atoms with Gasteiger partial charge in [-0.1, -0.05) is 31.4 Å². The normalized spacial score (nSPS) is 28.8. The van der Waals surface area contributed by atoms with E-state index < -0.39 is 0 Å². The molecule has 0 bridgehead atoms. The molecule has 22 heavy (non-hydrogen) atoms. The third-order valence-electron chi connectivity index (χ3n) is 5.13. The number of carbonyl (C=O) groups is 3. The molecule has 5 nitrogen and oxygen atoms in total. The SMILES string of the molecule is O=C(CCN1C(=O)[C@H]2CC=CC[C@H]2C1=O)NC1CCCCC1. The minimum Gasteiger partial charge on any atom is -0.353 e. The van der Waals surface area contributed by atoms with Gasteiger partial charge in [0.1, 0.15) is 0 Å². The molecule has 1 heterocycles. The fourth-order valence-electron chi connectivity index (χ4n) is 3.85. The van der Waals surface area contributed by atoms with Crippen LogP contribution in [0, 0.1) is 11.8 Å². The number of nitrogens with zero attached hydrogens (tertiary/aromatic N) is 1. The Kier molecular flexibility index (Phi) is 4.60. The Morgan fingerprint density at radius 1 is 1.05 bits per heavy atom. The summed E-state index contributed by atoms with van der Waals surface area (Å²) in [6, 6.07) is 0.276. The highest BCUT2D eigenvalue weighted by atomic mass is 16.2. The van der Waals surface area contributed by atoms with Crippen LogP contribution in [0.25, 0.3) is 0 Å². The van der Waals surface area contributed by atoms with E-state index in [0.29, 0.717) is 12.8 Å². The quantitative estimate of drug-likeness (QED) is 0.636. The highest BCUT2D eigenvalue weighted by molar-refractivity contribution is 6.05. The average Bonchev–Trinajstić information content (AvgIpc) is 2.78. The molecular weight excluding hydrogens is 280 g/mol. The van der Waals surface area contributed by atoms with Gasteiger partial charge in [0, 0.05) is 19.0 Å². The molecule has 0 aromatic carbocycles. The van der Waals surface area contributed by atoms with Crippen molar-refractivity contribution < 1.29 is 14.4 Å². The lowest BCUT2D eigenvalue weighted by Crippen LogP contribution is -2.39. The van der Waals surface area contributed by atoms with E-state index in [1.54, 1.807) is 0 Å². The minimum atomic E-state index is -0.195. The van der Waals surface area contributed by atoms with E-state index in [2.05, 4.69) is 5.32 Å². The van der Waals surface area contributed by atoms with Gasteiger partial charge in [0.05, 0.1) is 11.8 Å². The van der Waals surface area contributed by atoms with Crippen LogP contribution in [0.3, 0.4) is 0 Å². The molecule has 0 radical (unpaired) electrons. The molecule has 0 unspecified atom stereocenters. The maximum atomic E-state index is 12.3. The number of imide groups is 1. The van der Waals surface area contributed by atoms with Gasteiger partial charge in [0.25, 0.3) is 0 Å². The second-order valence-corrected chi connectivity index (χ2v) is 6.64. The van der Waals surface area contributed by atoms with E-state index in [-0.39, 0.29) is 48.6 Å². The number of allylic oxidation sites excluding steroid dienone is 2. The minimum absolute atomic E-state index is 0.0412. The summed E-state index contributed by atoms with van der Waals surface area (Å²) < 4.78 is 0. The van der Waals surface area contributed by atoms with Crippen molar-refractivity contribution in [2.24, 2.45) is 11.8 Å². The molecule has 2 aliphatic carbocycles. The van der Waals surface area contributed by atoms with Crippen molar-refractivity contribution in [1.82, 2.24) is 10.2 Å². The number of carbonyl (C=O) groups excluding carboxylic acids is 3. The Balaban J connectivity index is 1.49. The highest BCUT2D eigenvalue weighted by Crippen LogP contribution is 2.34. The van der Waals surface area contributed by atoms with Gasteiger partial charge in [-0.3, -0.25) is 19.3 Å². The van der Waals surface area contributed by atoms with Crippen molar-refractivity contribution in [3.63, 3.8) is 0 Å². The highest BCUT2D eigenvalue weighted by Gasteiger charge is 2.46. The van der Waals surface area contributed by atoms with Crippen molar-refractivity contribution in [3.8, 4) is 0 Å². The number of likely N-dealkylation sites (tertiary alicyclic amines) is 1. The van der Waals surface area contributed by atoms with Gasteiger partial charge < -0.3 is 5.32 Å². The van der Waals surface area contributed by atoms with Crippen LogP contribution in [0.1, 0.15) is 51.4 Å². The zero-order valence-electron chi connectivity index (χ0n) is 12.9. The summed E-state index contributed by atoms with van der Waals surface area (Å²) in [6.45, 7) is 0.225. The standard InChI is InChI=1S/C17H24N2O3/c20-15(18-12-6-2-1-3-7-12)10-11-19-16(21)13-8-4-5-9-14(13)17(19)22/h4-5,12-14H,1-3,6-11H2,(H,18,20)/t13-,14+. The number of rotatable bonds is 4. The Morgan fingerprint density at radius 2 is 1.64 bits per heavy atom. The molecule has 3 aliphatic rings. The molecule has 120 valence electrons. The third kappa shape index (κ3) is 3.08. The fraction of sp³-hybridized carbons (Fsp3) is 0.706. The van der Waals surface area contributed by atoms with Crippen LogP contribution in [0.15, 0.2) is 12.2 Å². The molecule has 0 aromatic rings. The predicted octanol–water partition coefficient (Wildman–Crippen LogP) is 1.78. The molecule has 1 N–H and O–H groups in total. The maximum Gasteiger partial charge on any atom is 0.233 e. The Morgan fingerprint density at radius 3 is 2.23 bits per heavy atom. The van der Waals surface area contributed by atoms with Gasteiger partial charge in [0.15, 0.2) is 0 Å². The van der Waals surface area contributed by atoms with Crippen LogP contribution in [0.5, 0.6) is 0 Å². The van der Waals surface area contributed by atoms with E-state index in [9.17, 15) is 14.4 Å². The Hall–Kier alpha value is -1.65. The van der Waals surface area contributed by atoms with Gasteiger partial charge in [-0.15, -0.1) is 0 Å². The maximum absolute atomic E-state index is 12.3. The number of amides is 3. The van der Waals surface area contributed by atoms with Crippen molar-refractivity contribution >= 4 is 17.7 Å². The number of hydrogen-bond acceptors (Lipinski definition) is 3. The molecule has 5 heteroatoms. The van der Waals surface area contributed by atoms with Crippen molar-refractivity contribution in [2.75, 3.05) is 6.54 Å². The number of nitrogens with one attached hydrogen (secondary N) is 1. The summed E-state index contributed by atoms with van der Waals surface area (Å²) in [5.41, 5.74) is 0. The lowest BCUT2D eigenvalue weighted by atomic mass is 9.85. The number of fused-ring (bicyclic) bond motifs is 1. The summed E-state index contributed by atoms with van der Waals surface area (Å²) in [6.07, 6.45) is 11.2. The van der Waals surface area contributed by atoms with E-state index in [1.165, 1.54) is 24.2 Å². The molecule has 1 saturated carbocycles. The van der Waals surface area contributed by atoms with E-state index >= 15 is 0 Å². The van der Waals surface area contributed by atoms with E-state index in [1.807, 2.05) is 12.2 Å². The van der Waals surface area contributed by atoms with Crippen LogP contribution in [0.2, 0.25) is 0 Å². The second-order valence-electron chi connectivity index (χ2n) is 6.64. The third-order valence-corrected chi connectivity index (χ3v) is 5.13. The summed E-state index contributed by atoms with van der Waals surface area (Å²) in [7, 11) is 0. The first kappa shape index (κ1) is 15.3. The number of hydrogen-bond donors (Lipinski definition) is 1. The van der Waals surface area contributed by atoms with Crippen LogP contribution in [-0.2, 0) is 14.4 Å². The molecule has 2 fully saturated rings. The first-order chi connectivity index (χ1) is 10.7. The molecule has 1 aliphatic heterocycles.